The molecule has 1 aliphatic rings. The molecule has 0 radical (unpaired) electrons. The van der Waals surface area contributed by atoms with E-state index in [4.69, 9.17) is 5.11 Å². The van der Waals surface area contributed by atoms with Crippen molar-refractivity contribution in [1.82, 2.24) is 4.90 Å². The highest BCUT2D eigenvalue weighted by Gasteiger charge is 2.29. The maximum Gasteiger partial charge on any atom is 0.407 e. The van der Waals surface area contributed by atoms with Crippen LogP contribution in [-0.2, 0) is 0 Å². The number of halogens is 2. The van der Waals surface area contributed by atoms with Crippen LogP contribution >= 0.6 is 15.9 Å². The maximum atomic E-state index is 13.3. The van der Waals surface area contributed by atoms with Crippen molar-refractivity contribution in [3.8, 4) is 0 Å². The van der Waals surface area contributed by atoms with Gasteiger partial charge in [0.25, 0.3) is 0 Å². The van der Waals surface area contributed by atoms with E-state index in [-0.39, 0.29) is 11.9 Å². The predicted molar refractivity (Wildman–Crippen MR) is 60.8 cm³/mol. The molecule has 5 heteroatoms. The largest absolute Gasteiger partial charge is 0.465 e. The molecule has 0 spiro atoms. The van der Waals surface area contributed by atoms with Gasteiger partial charge in [0.05, 0.1) is 10.5 Å². The Kier molecular flexibility index (Phi) is 3.14. The van der Waals surface area contributed by atoms with Gasteiger partial charge < -0.3 is 10.0 Å². The fourth-order valence-corrected chi connectivity index (χ4v) is 2.31. The number of hydrogen-bond donors (Lipinski definition) is 1. The first-order valence-electron chi connectivity index (χ1n) is 5.04. The van der Waals surface area contributed by atoms with Crippen molar-refractivity contribution in [3.63, 3.8) is 0 Å². The van der Waals surface area contributed by atoms with Crippen molar-refractivity contribution < 1.29 is 14.3 Å². The first-order chi connectivity index (χ1) is 7.59. The number of hydrogen-bond acceptors (Lipinski definition) is 1. The normalized spacial score (nSPS) is 20.1. The van der Waals surface area contributed by atoms with E-state index in [1.54, 1.807) is 12.1 Å². The summed E-state index contributed by atoms with van der Waals surface area (Å²) < 4.78 is 13.7. The van der Waals surface area contributed by atoms with E-state index in [2.05, 4.69) is 15.9 Å². The van der Waals surface area contributed by atoms with Crippen LogP contribution < -0.4 is 0 Å². The van der Waals surface area contributed by atoms with E-state index in [0.29, 0.717) is 11.0 Å². The molecule has 1 saturated heterocycles. The van der Waals surface area contributed by atoms with Crippen molar-refractivity contribution in [2.45, 2.75) is 18.9 Å². The molecule has 3 nitrogen and oxygen atoms in total. The monoisotopic (exact) mass is 287 g/mol. The topological polar surface area (TPSA) is 40.5 Å². The minimum Gasteiger partial charge on any atom is -0.465 e. The standard InChI is InChI=1S/C11H11BrFNO2/c12-8-4-3-7(6-9(8)13)10-2-1-5-14(10)11(15)16/h3-4,6,10H,1-2,5H2,(H,15,16)/t10-/m0/s1. The molecular formula is C11H11BrFNO2. The van der Waals surface area contributed by atoms with Crippen LogP contribution in [0, 0.1) is 5.82 Å². The fourth-order valence-electron chi connectivity index (χ4n) is 2.06. The number of carbonyl (C=O) groups is 1. The van der Waals surface area contributed by atoms with Crippen LogP contribution in [0.3, 0.4) is 0 Å². The van der Waals surface area contributed by atoms with Gasteiger partial charge >= 0.3 is 6.09 Å². The predicted octanol–water partition coefficient (Wildman–Crippen LogP) is 3.40. The Hall–Kier alpha value is -1.10. The van der Waals surface area contributed by atoms with Gasteiger partial charge in [0, 0.05) is 6.54 Å². The maximum absolute atomic E-state index is 13.3. The third-order valence-electron chi connectivity index (χ3n) is 2.83. The Morgan fingerprint density at radius 1 is 1.56 bits per heavy atom. The molecule has 0 bridgehead atoms. The Balaban J connectivity index is 2.29. The minimum atomic E-state index is -0.939. The highest BCUT2D eigenvalue weighted by Crippen LogP contribution is 2.33. The molecular weight excluding hydrogens is 277 g/mol. The van der Waals surface area contributed by atoms with Crippen molar-refractivity contribution in [1.29, 1.82) is 0 Å². The molecule has 1 atom stereocenters. The van der Waals surface area contributed by atoms with Gasteiger partial charge in [-0.05, 0) is 46.5 Å². The second-order valence-corrected chi connectivity index (χ2v) is 4.66. The molecule has 2 rings (SSSR count). The van der Waals surface area contributed by atoms with Gasteiger partial charge in [-0.25, -0.2) is 9.18 Å². The van der Waals surface area contributed by atoms with E-state index in [1.807, 2.05) is 0 Å². The van der Waals surface area contributed by atoms with Gasteiger partial charge in [-0.2, -0.15) is 0 Å². The molecule has 0 aromatic heterocycles. The number of carboxylic acid groups (broad SMARTS) is 1. The summed E-state index contributed by atoms with van der Waals surface area (Å²) in [7, 11) is 0. The summed E-state index contributed by atoms with van der Waals surface area (Å²) in [6.45, 7) is 0.525. The Morgan fingerprint density at radius 3 is 2.94 bits per heavy atom. The minimum absolute atomic E-state index is 0.208. The Bertz CT molecular complexity index is 424. The smallest absolute Gasteiger partial charge is 0.407 e. The first kappa shape index (κ1) is 11.4. The van der Waals surface area contributed by atoms with Crippen molar-refractivity contribution in [2.75, 3.05) is 6.54 Å². The average molecular weight is 288 g/mol. The van der Waals surface area contributed by atoms with Crippen LogP contribution in [0.2, 0.25) is 0 Å². The summed E-state index contributed by atoms with van der Waals surface area (Å²) in [6, 6.07) is 4.57. The summed E-state index contributed by atoms with van der Waals surface area (Å²) in [5, 5.41) is 8.99. The van der Waals surface area contributed by atoms with E-state index in [0.717, 1.165) is 18.4 Å². The van der Waals surface area contributed by atoms with Crippen LogP contribution in [0.4, 0.5) is 9.18 Å². The molecule has 0 saturated carbocycles. The first-order valence-corrected chi connectivity index (χ1v) is 5.83. The molecule has 0 aliphatic carbocycles. The molecule has 1 aromatic carbocycles. The van der Waals surface area contributed by atoms with Crippen LogP contribution in [0.5, 0.6) is 0 Å². The molecule has 1 heterocycles. The van der Waals surface area contributed by atoms with Gasteiger partial charge in [-0.1, -0.05) is 6.07 Å². The van der Waals surface area contributed by atoms with Gasteiger partial charge in [0.1, 0.15) is 5.82 Å². The number of rotatable bonds is 1. The summed E-state index contributed by atoms with van der Waals surface area (Å²) >= 11 is 3.08. The molecule has 1 amide bonds. The third kappa shape index (κ3) is 2.04. The SMILES string of the molecule is O=C(O)N1CCC[C@H]1c1ccc(Br)c(F)c1. The van der Waals surface area contributed by atoms with Crippen LogP contribution in [-0.4, -0.2) is 22.6 Å². The van der Waals surface area contributed by atoms with Crippen molar-refractivity contribution in [2.24, 2.45) is 0 Å². The molecule has 0 unspecified atom stereocenters. The highest BCUT2D eigenvalue weighted by atomic mass is 79.9. The van der Waals surface area contributed by atoms with E-state index < -0.39 is 6.09 Å². The van der Waals surface area contributed by atoms with E-state index in [1.165, 1.54) is 11.0 Å². The quantitative estimate of drug-likeness (QED) is 0.860. The lowest BCUT2D eigenvalue weighted by atomic mass is 10.0. The van der Waals surface area contributed by atoms with E-state index in [9.17, 15) is 9.18 Å². The number of amides is 1. The lowest BCUT2D eigenvalue weighted by Gasteiger charge is -2.21. The van der Waals surface area contributed by atoms with Crippen LogP contribution in [0.15, 0.2) is 22.7 Å². The third-order valence-corrected chi connectivity index (χ3v) is 3.47. The lowest BCUT2D eigenvalue weighted by molar-refractivity contribution is 0.140. The summed E-state index contributed by atoms with van der Waals surface area (Å²) in [4.78, 5) is 12.3. The highest BCUT2D eigenvalue weighted by molar-refractivity contribution is 9.10. The van der Waals surface area contributed by atoms with Gasteiger partial charge in [0.2, 0.25) is 0 Å². The second-order valence-electron chi connectivity index (χ2n) is 3.81. The second kappa shape index (κ2) is 4.41. The fraction of sp³-hybridized carbons (Fsp3) is 0.364. The molecule has 1 fully saturated rings. The zero-order valence-corrected chi connectivity index (χ0v) is 10.1. The Morgan fingerprint density at radius 2 is 2.31 bits per heavy atom. The molecule has 1 aromatic rings. The number of nitrogens with zero attached hydrogens (tertiary/aromatic N) is 1. The van der Waals surface area contributed by atoms with Gasteiger partial charge in [-0.15, -0.1) is 0 Å². The van der Waals surface area contributed by atoms with Gasteiger partial charge in [0.15, 0.2) is 0 Å². The molecule has 1 N–H and O–H groups in total. The molecule has 1 aliphatic heterocycles. The Labute approximate surface area is 101 Å². The average Bonchev–Trinajstić information content (AvgIpc) is 2.71. The number of likely N-dealkylation sites (tertiary alicyclic amines) is 1. The summed E-state index contributed by atoms with van der Waals surface area (Å²) in [5.74, 6) is -0.352. The van der Waals surface area contributed by atoms with Crippen molar-refractivity contribution >= 4 is 22.0 Å². The van der Waals surface area contributed by atoms with Crippen LogP contribution in [0.25, 0.3) is 0 Å². The zero-order chi connectivity index (χ0) is 11.7. The van der Waals surface area contributed by atoms with Crippen molar-refractivity contribution in [3.05, 3.63) is 34.1 Å². The summed E-state index contributed by atoms with van der Waals surface area (Å²) in [6.07, 6.45) is 0.646. The number of benzene rings is 1. The van der Waals surface area contributed by atoms with Crippen LogP contribution in [0.1, 0.15) is 24.4 Å². The van der Waals surface area contributed by atoms with E-state index >= 15 is 0 Å². The molecule has 16 heavy (non-hydrogen) atoms. The summed E-state index contributed by atoms with van der Waals surface area (Å²) in [5.41, 5.74) is 0.723. The van der Waals surface area contributed by atoms with Gasteiger partial charge in [-0.3, -0.25) is 0 Å². The zero-order valence-electron chi connectivity index (χ0n) is 8.49. The molecule has 86 valence electrons. The lowest BCUT2D eigenvalue weighted by Crippen LogP contribution is -2.28.